The van der Waals surface area contributed by atoms with E-state index in [1.807, 2.05) is 0 Å². The third-order valence-electron chi connectivity index (χ3n) is 4.91. The highest BCUT2D eigenvalue weighted by Crippen LogP contribution is 2.27. The summed E-state index contributed by atoms with van der Waals surface area (Å²) in [6.07, 6.45) is 6.10. The van der Waals surface area contributed by atoms with Crippen LogP contribution in [0.1, 0.15) is 31.7 Å². The molecule has 0 spiro atoms. The maximum Gasteiger partial charge on any atom is 0.243 e. The largest absolute Gasteiger partial charge is 0.250 e. The lowest BCUT2D eigenvalue weighted by molar-refractivity contribution is 0.260. The molecule has 0 amide bonds. The number of nitrogens with zero attached hydrogens (tertiary/aromatic N) is 4. The maximum atomic E-state index is 12.9. The molecule has 2 aliphatic rings. The van der Waals surface area contributed by atoms with Gasteiger partial charge in [0.25, 0.3) is 0 Å². The highest BCUT2D eigenvalue weighted by atomic mass is 32.2. The summed E-state index contributed by atoms with van der Waals surface area (Å²) >= 11 is 0. The van der Waals surface area contributed by atoms with Crippen molar-refractivity contribution in [3.05, 3.63) is 36.9 Å². The first-order chi connectivity index (χ1) is 12.9. The summed E-state index contributed by atoms with van der Waals surface area (Å²) in [4.78, 5) is 4.11. The molecule has 1 aliphatic heterocycles. The molecule has 2 fully saturated rings. The Labute approximate surface area is 158 Å². The van der Waals surface area contributed by atoms with Crippen LogP contribution in [0.25, 0.3) is 0 Å². The van der Waals surface area contributed by atoms with Gasteiger partial charge in [0.15, 0.2) is 0 Å². The standard InChI is InChI=1S/C16H21N5O4S2/c22-26(23,19-13-1-2-13)15-3-5-16(6-4-15)27(24,25)20-9-7-14(8-10-20)21-12-17-11-18-21/h3-6,11-14,19H,1-2,7-10H2. The minimum atomic E-state index is -3.65. The molecular weight excluding hydrogens is 390 g/mol. The van der Waals surface area contributed by atoms with Gasteiger partial charge in [-0.05, 0) is 49.9 Å². The van der Waals surface area contributed by atoms with Gasteiger partial charge in [0, 0.05) is 19.1 Å². The molecule has 27 heavy (non-hydrogen) atoms. The van der Waals surface area contributed by atoms with Crippen molar-refractivity contribution in [3.63, 3.8) is 0 Å². The number of hydrogen-bond donors (Lipinski definition) is 1. The predicted molar refractivity (Wildman–Crippen MR) is 96.8 cm³/mol. The third-order valence-corrected chi connectivity index (χ3v) is 8.35. The van der Waals surface area contributed by atoms with E-state index < -0.39 is 20.0 Å². The highest BCUT2D eigenvalue weighted by molar-refractivity contribution is 7.89. The van der Waals surface area contributed by atoms with E-state index in [0.29, 0.717) is 25.9 Å². The molecule has 4 rings (SSSR count). The first-order valence-corrected chi connectivity index (χ1v) is 11.8. The molecule has 0 atom stereocenters. The van der Waals surface area contributed by atoms with Gasteiger partial charge in [0.1, 0.15) is 12.7 Å². The van der Waals surface area contributed by atoms with Crippen LogP contribution >= 0.6 is 0 Å². The van der Waals surface area contributed by atoms with Gasteiger partial charge in [-0.1, -0.05) is 0 Å². The van der Waals surface area contributed by atoms with Crippen molar-refractivity contribution in [2.45, 2.75) is 47.6 Å². The molecule has 1 N–H and O–H groups in total. The summed E-state index contributed by atoms with van der Waals surface area (Å²) in [5.74, 6) is 0. The molecule has 0 radical (unpaired) electrons. The molecule has 2 heterocycles. The molecule has 9 nitrogen and oxygen atoms in total. The van der Waals surface area contributed by atoms with Gasteiger partial charge in [0.05, 0.1) is 15.8 Å². The minimum absolute atomic E-state index is 0.00434. The van der Waals surface area contributed by atoms with Gasteiger partial charge in [0.2, 0.25) is 20.0 Å². The van der Waals surface area contributed by atoms with E-state index in [-0.39, 0.29) is 21.9 Å². The molecular formula is C16H21N5O4S2. The Morgan fingerprint density at radius 1 is 0.926 bits per heavy atom. The zero-order chi connectivity index (χ0) is 19.1. The van der Waals surface area contributed by atoms with Crippen molar-refractivity contribution in [1.82, 2.24) is 23.8 Å². The van der Waals surface area contributed by atoms with Crippen LogP contribution in [0.5, 0.6) is 0 Å². The van der Waals surface area contributed by atoms with Crippen molar-refractivity contribution in [1.29, 1.82) is 0 Å². The van der Waals surface area contributed by atoms with Crippen LogP contribution in [0.2, 0.25) is 0 Å². The van der Waals surface area contributed by atoms with Gasteiger partial charge in [-0.3, -0.25) is 0 Å². The lowest BCUT2D eigenvalue weighted by atomic mass is 10.1. The molecule has 0 bridgehead atoms. The second kappa shape index (κ2) is 6.97. The fraction of sp³-hybridized carbons (Fsp3) is 0.500. The van der Waals surface area contributed by atoms with Gasteiger partial charge in [-0.25, -0.2) is 31.2 Å². The molecule has 1 saturated heterocycles. The average molecular weight is 412 g/mol. The van der Waals surface area contributed by atoms with E-state index in [0.717, 1.165) is 12.8 Å². The van der Waals surface area contributed by atoms with Gasteiger partial charge < -0.3 is 0 Å². The van der Waals surface area contributed by atoms with Gasteiger partial charge in [-0.15, -0.1) is 0 Å². The summed E-state index contributed by atoms with van der Waals surface area (Å²) in [5, 5.41) is 4.12. The molecule has 2 aromatic rings. The molecule has 11 heteroatoms. The second-order valence-electron chi connectivity index (χ2n) is 6.88. The number of aromatic nitrogens is 3. The lowest BCUT2D eigenvalue weighted by Crippen LogP contribution is -2.39. The van der Waals surface area contributed by atoms with Crippen LogP contribution < -0.4 is 4.72 Å². The van der Waals surface area contributed by atoms with Gasteiger partial charge in [-0.2, -0.15) is 9.40 Å². The number of benzene rings is 1. The Hall–Kier alpha value is -1.82. The lowest BCUT2D eigenvalue weighted by Gasteiger charge is -2.31. The van der Waals surface area contributed by atoms with Crippen LogP contribution in [0, 0.1) is 0 Å². The Morgan fingerprint density at radius 2 is 1.56 bits per heavy atom. The predicted octanol–water partition coefficient (Wildman–Crippen LogP) is 0.745. The van der Waals surface area contributed by atoms with E-state index in [2.05, 4.69) is 14.8 Å². The number of sulfonamides is 2. The Kier molecular flexibility index (Phi) is 4.78. The van der Waals surface area contributed by atoms with Crippen molar-refractivity contribution in [3.8, 4) is 0 Å². The summed E-state index contributed by atoms with van der Waals surface area (Å²) in [6, 6.07) is 5.56. The van der Waals surface area contributed by atoms with E-state index >= 15 is 0 Å². The Balaban J connectivity index is 1.46. The number of hydrogen-bond acceptors (Lipinski definition) is 6. The second-order valence-corrected chi connectivity index (χ2v) is 10.5. The Bertz CT molecular complexity index is 992. The average Bonchev–Trinajstić information content (AvgIpc) is 3.29. The minimum Gasteiger partial charge on any atom is -0.250 e. The summed E-state index contributed by atoms with van der Waals surface area (Å²) in [6.45, 7) is 0.770. The maximum absolute atomic E-state index is 12.9. The molecule has 1 aromatic carbocycles. The zero-order valence-corrected chi connectivity index (χ0v) is 16.2. The molecule has 0 unspecified atom stereocenters. The monoisotopic (exact) mass is 411 g/mol. The number of nitrogens with one attached hydrogen (secondary N) is 1. The van der Waals surface area contributed by atoms with Crippen LogP contribution in [-0.4, -0.2) is 55.0 Å². The Morgan fingerprint density at radius 3 is 2.11 bits per heavy atom. The van der Waals surface area contributed by atoms with Crippen molar-refractivity contribution < 1.29 is 16.8 Å². The molecule has 146 valence electrons. The normalized spacial score (nSPS) is 20.0. The summed E-state index contributed by atoms with van der Waals surface area (Å²) in [7, 11) is -7.25. The topological polar surface area (TPSA) is 114 Å². The van der Waals surface area contributed by atoms with E-state index in [1.165, 1.54) is 34.9 Å². The zero-order valence-electron chi connectivity index (χ0n) is 14.6. The highest BCUT2D eigenvalue weighted by Gasteiger charge is 2.31. The van der Waals surface area contributed by atoms with Crippen LogP contribution in [0.15, 0.2) is 46.7 Å². The van der Waals surface area contributed by atoms with Crippen LogP contribution in [-0.2, 0) is 20.0 Å². The smallest absolute Gasteiger partial charge is 0.243 e. The van der Waals surface area contributed by atoms with Gasteiger partial charge >= 0.3 is 0 Å². The van der Waals surface area contributed by atoms with E-state index in [4.69, 9.17) is 0 Å². The fourth-order valence-electron chi connectivity index (χ4n) is 3.18. The van der Waals surface area contributed by atoms with Crippen molar-refractivity contribution in [2.24, 2.45) is 0 Å². The van der Waals surface area contributed by atoms with Crippen molar-refractivity contribution in [2.75, 3.05) is 13.1 Å². The number of piperidine rings is 1. The third kappa shape index (κ3) is 3.91. The summed E-state index contributed by atoms with van der Waals surface area (Å²) in [5.41, 5.74) is 0. The first-order valence-electron chi connectivity index (χ1n) is 8.83. The molecule has 1 saturated carbocycles. The molecule has 1 aliphatic carbocycles. The van der Waals surface area contributed by atoms with E-state index in [9.17, 15) is 16.8 Å². The van der Waals surface area contributed by atoms with Crippen LogP contribution in [0.3, 0.4) is 0 Å². The fourth-order valence-corrected chi connectivity index (χ4v) is 5.96. The van der Waals surface area contributed by atoms with Crippen LogP contribution in [0.4, 0.5) is 0 Å². The van der Waals surface area contributed by atoms with Crippen molar-refractivity contribution >= 4 is 20.0 Å². The SMILES string of the molecule is O=S(=O)(NC1CC1)c1ccc(S(=O)(=O)N2CCC(n3cncn3)CC2)cc1. The summed E-state index contributed by atoms with van der Waals surface area (Å²) < 4.78 is 55.9. The quantitative estimate of drug-likeness (QED) is 0.750. The number of rotatable bonds is 6. The first kappa shape index (κ1) is 18.5. The molecule has 1 aromatic heterocycles. The van der Waals surface area contributed by atoms with E-state index in [1.54, 1.807) is 11.0 Å².